The largest absolute Gasteiger partial charge is 0.478 e. The molecule has 0 bridgehead atoms. The normalized spacial score (nSPS) is 40.4. The van der Waals surface area contributed by atoms with Crippen LogP contribution in [-0.2, 0) is 20.9 Å². The summed E-state index contributed by atoms with van der Waals surface area (Å²) in [4.78, 5) is 31.4. The number of ketones is 1. The molecule has 0 radical (unpaired) electrons. The number of rotatable bonds is 6. The summed E-state index contributed by atoms with van der Waals surface area (Å²) in [6, 6.07) is -0.761. The SMILES string of the molecule is O=C(O)C1=CN2C3C(CCC4CCCCC43)OC3C(NCCCn4ccnc4)C(F)CC(C1=O)C32. The molecule has 1 aromatic rings. The highest BCUT2D eigenvalue weighted by molar-refractivity contribution is 6.18. The van der Waals surface area contributed by atoms with E-state index in [9.17, 15) is 14.7 Å². The molecule has 2 N–H and O–H groups in total. The predicted octanol–water partition coefficient (Wildman–Crippen LogP) is 2.55. The smallest absolute Gasteiger partial charge is 0.340 e. The van der Waals surface area contributed by atoms with Crippen LogP contribution in [0.1, 0.15) is 51.4 Å². The van der Waals surface area contributed by atoms with Gasteiger partial charge in [0.1, 0.15) is 11.7 Å². The average Bonchev–Trinajstić information content (AvgIpc) is 3.37. The molecular weight excluding hydrogens is 451 g/mol. The number of carbonyl (C=O) groups excluding carboxylic acids is 1. The van der Waals surface area contributed by atoms with Gasteiger partial charge >= 0.3 is 5.97 Å². The first-order valence-electron chi connectivity index (χ1n) is 13.3. The molecule has 0 amide bonds. The number of carbonyl (C=O) groups is 2. The highest BCUT2D eigenvalue weighted by Gasteiger charge is 2.60. The van der Waals surface area contributed by atoms with Crippen molar-refractivity contribution in [3.05, 3.63) is 30.5 Å². The van der Waals surface area contributed by atoms with Gasteiger partial charge in [-0.3, -0.25) is 4.79 Å². The lowest BCUT2D eigenvalue weighted by molar-refractivity contribution is -0.215. The third kappa shape index (κ3) is 4.00. The van der Waals surface area contributed by atoms with E-state index in [2.05, 4.69) is 15.2 Å². The molecule has 6 rings (SSSR count). The van der Waals surface area contributed by atoms with Crippen molar-refractivity contribution in [1.82, 2.24) is 19.8 Å². The molecule has 4 fully saturated rings. The third-order valence-electron chi connectivity index (χ3n) is 9.24. The lowest BCUT2D eigenvalue weighted by Crippen LogP contribution is -2.74. The van der Waals surface area contributed by atoms with Crippen molar-refractivity contribution in [1.29, 1.82) is 0 Å². The van der Waals surface area contributed by atoms with Crippen LogP contribution >= 0.6 is 0 Å². The quantitative estimate of drug-likeness (QED) is 0.471. The molecule has 5 aliphatic rings. The zero-order valence-electron chi connectivity index (χ0n) is 20.0. The lowest BCUT2D eigenvalue weighted by Gasteiger charge is -2.62. The van der Waals surface area contributed by atoms with Crippen LogP contribution in [0.5, 0.6) is 0 Å². The van der Waals surface area contributed by atoms with E-state index in [-0.39, 0.29) is 30.2 Å². The van der Waals surface area contributed by atoms with Crippen LogP contribution in [0.2, 0.25) is 0 Å². The van der Waals surface area contributed by atoms with Crippen molar-refractivity contribution in [2.24, 2.45) is 17.8 Å². The van der Waals surface area contributed by atoms with Crippen LogP contribution in [-0.4, -0.2) is 74.4 Å². The monoisotopic (exact) mass is 486 g/mol. The van der Waals surface area contributed by atoms with Crippen molar-refractivity contribution in [3.63, 3.8) is 0 Å². The minimum Gasteiger partial charge on any atom is -0.478 e. The zero-order valence-corrected chi connectivity index (χ0v) is 20.0. The average molecular weight is 487 g/mol. The van der Waals surface area contributed by atoms with Gasteiger partial charge < -0.3 is 24.6 Å². The highest BCUT2D eigenvalue weighted by atomic mass is 19.1. The summed E-state index contributed by atoms with van der Waals surface area (Å²) in [6.45, 7) is 1.42. The Labute approximate surface area is 204 Å². The van der Waals surface area contributed by atoms with Crippen LogP contribution in [0.3, 0.4) is 0 Å². The number of fused-ring (bicyclic) bond motifs is 4. The van der Waals surface area contributed by atoms with Crippen LogP contribution < -0.4 is 5.32 Å². The van der Waals surface area contributed by atoms with Crippen molar-refractivity contribution < 1.29 is 23.8 Å². The highest BCUT2D eigenvalue weighted by Crippen LogP contribution is 2.51. The summed E-state index contributed by atoms with van der Waals surface area (Å²) >= 11 is 0. The third-order valence-corrected chi connectivity index (χ3v) is 9.24. The first kappa shape index (κ1) is 23.2. The number of morpholine rings is 1. The van der Waals surface area contributed by atoms with Gasteiger partial charge in [0.25, 0.3) is 0 Å². The number of alkyl halides is 1. The summed E-state index contributed by atoms with van der Waals surface area (Å²) in [5, 5.41) is 13.2. The van der Waals surface area contributed by atoms with Crippen molar-refractivity contribution in [3.8, 4) is 0 Å². The minimum atomic E-state index is -1.27. The van der Waals surface area contributed by atoms with Gasteiger partial charge in [-0.2, -0.15) is 0 Å². The Morgan fingerprint density at radius 2 is 2.09 bits per heavy atom. The Kier molecular flexibility index (Phi) is 6.16. The molecule has 3 saturated carbocycles. The van der Waals surface area contributed by atoms with Gasteiger partial charge in [0.2, 0.25) is 0 Å². The van der Waals surface area contributed by atoms with E-state index in [0.717, 1.165) is 32.2 Å². The molecule has 9 heteroatoms. The van der Waals surface area contributed by atoms with Gasteiger partial charge in [0, 0.05) is 31.1 Å². The van der Waals surface area contributed by atoms with Gasteiger partial charge in [-0.05, 0) is 50.5 Å². The molecule has 0 spiro atoms. The van der Waals surface area contributed by atoms with Crippen molar-refractivity contribution in [2.45, 2.75) is 94.4 Å². The standard InChI is InChI=1S/C26H35FN4O4/c27-19-12-17-23-25(21(19)29-8-3-10-30-11-9-28-14-30)35-20-7-6-15-4-1-2-5-16(15)22(20)31(23)13-18(24(17)32)26(33)34/h9,11,13-17,19-23,25,29H,1-8,10,12H2,(H,33,34). The number of Topliss-reactive ketones (excluding diaryl/α,β-unsaturated/α-hetero) is 1. The number of aliphatic carboxylic acids is 1. The van der Waals surface area contributed by atoms with Gasteiger partial charge in [-0.1, -0.05) is 19.3 Å². The Morgan fingerprint density at radius 1 is 1.23 bits per heavy atom. The second kappa shape index (κ2) is 9.32. The number of hydrogen-bond donors (Lipinski definition) is 2. The van der Waals surface area contributed by atoms with E-state index in [1.165, 1.54) is 19.3 Å². The van der Waals surface area contributed by atoms with E-state index in [1.54, 1.807) is 18.7 Å². The molecule has 9 atom stereocenters. The van der Waals surface area contributed by atoms with Crippen molar-refractivity contribution in [2.75, 3.05) is 6.54 Å². The number of carboxylic acids is 1. The summed E-state index contributed by atoms with van der Waals surface area (Å²) in [7, 11) is 0. The summed E-state index contributed by atoms with van der Waals surface area (Å²) in [5.74, 6) is -1.27. The Bertz CT molecular complexity index is 984. The number of halogens is 1. The summed E-state index contributed by atoms with van der Waals surface area (Å²) in [5.41, 5.74) is -0.192. The molecule has 1 aromatic heterocycles. The first-order valence-corrected chi connectivity index (χ1v) is 13.3. The zero-order chi connectivity index (χ0) is 24.1. The number of aryl methyl sites for hydroxylation is 1. The maximum atomic E-state index is 15.6. The summed E-state index contributed by atoms with van der Waals surface area (Å²) < 4.78 is 24.3. The van der Waals surface area contributed by atoms with Crippen LogP contribution in [0.25, 0.3) is 0 Å². The molecule has 1 saturated heterocycles. The fraction of sp³-hybridized carbons (Fsp3) is 0.731. The number of ether oxygens (including phenoxy) is 1. The first-order chi connectivity index (χ1) is 17.0. The lowest BCUT2D eigenvalue weighted by atomic mass is 9.63. The van der Waals surface area contributed by atoms with Gasteiger partial charge in [0.15, 0.2) is 5.78 Å². The minimum absolute atomic E-state index is 0.0369. The fourth-order valence-electron chi connectivity index (χ4n) is 7.75. The molecule has 190 valence electrons. The van der Waals surface area contributed by atoms with Gasteiger partial charge in [0.05, 0.1) is 36.7 Å². The number of imidazole rings is 1. The number of nitrogens with zero attached hydrogens (tertiary/aromatic N) is 3. The topological polar surface area (TPSA) is 96.7 Å². The Morgan fingerprint density at radius 3 is 2.89 bits per heavy atom. The summed E-state index contributed by atoms with van der Waals surface area (Å²) in [6.07, 6.45) is 12.8. The van der Waals surface area contributed by atoms with E-state index < -0.39 is 36.0 Å². The van der Waals surface area contributed by atoms with E-state index in [0.29, 0.717) is 18.4 Å². The number of hydrogen-bond acceptors (Lipinski definition) is 6. The van der Waals surface area contributed by atoms with Crippen LogP contribution in [0, 0.1) is 17.8 Å². The van der Waals surface area contributed by atoms with Crippen LogP contribution in [0.4, 0.5) is 4.39 Å². The van der Waals surface area contributed by atoms with Gasteiger partial charge in [-0.25, -0.2) is 14.2 Å². The van der Waals surface area contributed by atoms with Crippen molar-refractivity contribution >= 4 is 11.8 Å². The van der Waals surface area contributed by atoms with E-state index >= 15 is 4.39 Å². The van der Waals surface area contributed by atoms with Gasteiger partial charge in [-0.15, -0.1) is 0 Å². The molecule has 0 aromatic carbocycles. The Hall–Kier alpha value is -2.26. The number of aromatic nitrogens is 2. The molecular formula is C26H35FN4O4. The fourth-order valence-corrected chi connectivity index (χ4v) is 7.75. The second-order valence-corrected chi connectivity index (χ2v) is 11.1. The molecule has 9 unspecified atom stereocenters. The van der Waals surface area contributed by atoms with E-state index in [4.69, 9.17) is 4.74 Å². The molecule has 3 heterocycles. The number of carboxylic acid groups (broad SMARTS) is 1. The second-order valence-electron chi connectivity index (χ2n) is 11.1. The van der Waals surface area contributed by atoms with Crippen LogP contribution in [0.15, 0.2) is 30.5 Å². The maximum absolute atomic E-state index is 15.6. The van der Waals surface area contributed by atoms with E-state index in [1.807, 2.05) is 10.8 Å². The molecule has 3 aliphatic carbocycles. The predicted molar refractivity (Wildman–Crippen MR) is 125 cm³/mol. The molecule has 8 nitrogen and oxygen atoms in total. The Balaban J connectivity index is 1.28. The molecule has 2 aliphatic heterocycles. The number of nitrogens with one attached hydrogen (secondary N) is 1. The molecule has 35 heavy (non-hydrogen) atoms. The maximum Gasteiger partial charge on any atom is 0.340 e.